The summed E-state index contributed by atoms with van der Waals surface area (Å²) in [6.07, 6.45) is 7.56. The molecule has 1 aliphatic heterocycles. The second-order valence-electron chi connectivity index (χ2n) is 5.02. The summed E-state index contributed by atoms with van der Waals surface area (Å²) in [5.41, 5.74) is 1.29. The van der Waals surface area contributed by atoms with Crippen molar-refractivity contribution in [3.8, 4) is 0 Å². The van der Waals surface area contributed by atoms with Gasteiger partial charge in [0.15, 0.2) is 0 Å². The van der Waals surface area contributed by atoms with E-state index in [1.807, 2.05) is 18.5 Å². The van der Waals surface area contributed by atoms with E-state index in [1.54, 1.807) is 0 Å². The zero-order valence-electron chi connectivity index (χ0n) is 11.1. The Labute approximate surface area is 114 Å². The topological polar surface area (TPSA) is 29.0 Å². The summed E-state index contributed by atoms with van der Waals surface area (Å²) in [5.74, 6) is 0.913. The number of aromatic nitrogens is 2. The molecule has 0 aliphatic carbocycles. The number of hydrogen-bond donors (Lipinski definition) is 0. The van der Waals surface area contributed by atoms with E-state index in [0.717, 1.165) is 18.9 Å². The molecule has 1 aliphatic rings. The zero-order valence-corrected chi connectivity index (χ0v) is 11.1. The number of likely N-dealkylation sites (tertiary alicyclic amines) is 1. The predicted molar refractivity (Wildman–Crippen MR) is 75.7 cm³/mol. The van der Waals surface area contributed by atoms with Crippen molar-refractivity contribution in [3.63, 3.8) is 0 Å². The number of benzene rings is 1. The van der Waals surface area contributed by atoms with E-state index in [4.69, 9.17) is 0 Å². The van der Waals surface area contributed by atoms with E-state index < -0.39 is 0 Å². The van der Waals surface area contributed by atoms with Crippen LogP contribution in [0.3, 0.4) is 0 Å². The van der Waals surface area contributed by atoms with Gasteiger partial charge >= 0.3 is 0 Å². The van der Waals surface area contributed by atoms with Gasteiger partial charge in [-0.3, -0.25) is 4.90 Å². The molecule has 0 amide bonds. The average molecular weight is 253 g/mol. The molecule has 2 heterocycles. The molecule has 19 heavy (non-hydrogen) atoms. The molecule has 3 nitrogen and oxygen atoms in total. The molecule has 3 rings (SSSR count). The fourth-order valence-electron chi connectivity index (χ4n) is 2.79. The number of rotatable bonds is 3. The molecule has 1 aromatic carbocycles. The Morgan fingerprint density at radius 2 is 1.53 bits per heavy atom. The van der Waals surface area contributed by atoms with Crippen molar-refractivity contribution < 1.29 is 0 Å². The molecule has 0 saturated carbocycles. The highest BCUT2D eigenvalue weighted by atomic mass is 15.2. The van der Waals surface area contributed by atoms with Crippen LogP contribution in [0.5, 0.6) is 0 Å². The van der Waals surface area contributed by atoms with Crippen molar-refractivity contribution >= 4 is 0 Å². The Hall–Kier alpha value is -1.74. The van der Waals surface area contributed by atoms with Gasteiger partial charge in [-0.15, -0.1) is 0 Å². The van der Waals surface area contributed by atoms with Gasteiger partial charge in [0.1, 0.15) is 5.82 Å². The van der Waals surface area contributed by atoms with Crippen LogP contribution < -0.4 is 0 Å². The first-order valence-electron chi connectivity index (χ1n) is 7.01. The molecule has 2 aromatic rings. The van der Waals surface area contributed by atoms with E-state index in [9.17, 15) is 0 Å². The molecular weight excluding hydrogens is 234 g/mol. The largest absolute Gasteiger partial charge is 0.290 e. The van der Waals surface area contributed by atoms with E-state index in [-0.39, 0.29) is 6.04 Å². The van der Waals surface area contributed by atoms with Crippen LogP contribution in [0, 0.1) is 0 Å². The Balaban J connectivity index is 1.96. The summed E-state index contributed by atoms with van der Waals surface area (Å²) in [7, 11) is 0. The monoisotopic (exact) mass is 253 g/mol. The molecule has 3 heteroatoms. The van der Waals surface area contributed by atoms with Gasteiger partial charge in [-0.1, -0.05) is 36.8 Å². The SMILES string of the molecule is c1ccc(C(c2ncccn2)N2CCCCC2)cc1. The number of nitrogens with zero attached hydrogens (tertiary/aromatic N) is 3. The minimum atomic E-state index is 0.197. The third-order valence-electron chi connectivity index (χ3n) is 3.70. The second kappa shape index (κ2) is 5.93. The van der Waals surface area contributed by atoms with Crippen LogP contribution in [0.1, 0.15) is 36.7 Å². The first-order valence-corrected chi connectivity index (χ1v) is 7.01. The van der Waals surface area contributed by atoms with Crippen LogP contribution in [-0.2, 0) is 0 Å². The lowest BCUT2D eigenvalue weighted by Gasteiger charge is -2.33. The Bertz CT molecular complexity index is 452. The third-order valence-corrected chi connectivity index (χ3v) is 3.70. The van der Waals surface area contributed by atoms with Crippen LogP contribution in [0.2, 0.25) is 0 Å². The minimum absolute atomic E-state index is 0.197. The highest BCUT2D eigenvalue weighted by Crippen LogP contribution is 2.28. The summed E-state index contributed by atoms with van der Waals surface area (Å²) in [4.78, 5) is 11.5. The summed E-state index contributed by atoms with van der Waals surface area (Å²) in [6, 6.07) is 12.7. The maximum absolute atomic E-state index is 4.48. The smallest absolute Gasteiger partial charge is 0.149 e. The lowest BCUT2D eigenvalue weighted by molar-refractivity contribution is 0.181. The van der Waals surface area contributed by atoms with Crippen molar-refractivity contribution in [2.45, 2.75) is 25.3 Å². The molecule has 0 N–H and O–H groups in total. The van der Waals surface area contributed by atoms with Crippen molar-refractivity contribution in [1.82, 2.24) is 14.9 Å². The van der Waals surface area contributed by atoms with Gasteiger partial charge < -0.3 is 0 Å². The fraction of sp³-hybridized carbons (Fsp3) is 0.375. The lowest BCUT2D eigenvalue weighted by atomic mass is 10.0. The first-order chi connectivity index (χ1) is 9.45. The molecule has 0 bridgehead atoms. The Kier molecular flexibility index (Phi) is 3.84. The van der Waals surface area contributed by atoms with Crippen LogP contribution in [0.15, 0.2) is 48.8 Å². The van der Waals surface area contributed by atoms with Crippen molar-refractivity contribution in [2.24, 2.45) is 0 Å². The Morgan fingerprint density at radius 1 is 0.842 bits per heavy atom. The standard InChI is InChI=1S/C16H19N3/c1-3-8-14(9-4-1)15(16-17-10-7-11-18-16)19-12-5-2-6-13-19/h1,3-4,7-11,15H,2,5-6,12-13H2. The van der Waals surface area contributed by atoms with E-state index in [2.05, 4.69) is 45.2 Å². The molecule has 1 unspecified atom stereocenters. The minimum Gasteiger partial charge on any atom is -0.290 e. The normalized spacial score (nSPS) is 18.1. The molecule has 0 radical (unpaired) electrons. The van der Waals surface area contributed by atoms with Crippen molar-refractivity contribution in [2.75, 3.05) is 13.1 Å². The molecule has 1 atom stereocenters. The summed E-state index contributed by atoms with van der Waals surface area (Å²) >= 11 is 0. The highest BCUT2D eigenvalue weighted by Gasteiger charge is 2.25. The van der Waals surface area contributed by atoms with E-state index in [0.29, 0.717) is 0 Å². The first kappa shape index (κ1) is 12.3. The fourth-order valence-corrected chi connectivity index (χ4v) is 2.79. The lowest BCUT2D eigenvalue weighted by Crippen LogP contribution is -2.35. The van der Waals surface area contributed by atoms with E-state index >= 15 is 0 Å². The van der Waals surface area contributed by atoms with E-state index in [1.165, 1.54) is 24.8 Å². The van der Waals surface area contributed by atoms with Gasteiger partial charge in [-0.25, -0.2) is 9.97 Å². The third kappa shape index (κ3) is 2.82. The van der Waals surface area contributed by atoms with Crippen LogP contribution >= 0.6 is 0 Å². The summed E-state index contributed by atoms with van der Waals surface area (Å²) in [5, 5.41) is 0. The van der Waals surface area contributed by atoms with Crippen molar-refractivity contribution in [1.29, 1.82) is 0 Å². The maximum atomic E-state index is 4.48. The Morgan fingerprint density at radius 3 is 2.21 bits per heavy atom. The van der Waals surface area contributed by atoms with Gasteiger partial charge in [0.2, 0.25) is 0 Å². The molecule has 98 valence electrons. The summed E-state index contributed by atoms with van der Waals surface area (Å²) < 4.78 is 0. The molecule has 0 spiro atoms. The van der Waals surface area contributed by atoms with Crippen molar-refractivity contribution in [3.05, 3.63) is 60.2 Å². The molecule has 1 saturated heterocycles. The van der Waals surface area contributed by atoms with Gasteiger partial charge in [0, 0.05) is 12.4 Å². The van der Waals surface area contributed by atoms with Gasteiger partial charge in [-0.2, -0.15) is 0 Å². The van der Waals surface area contributed by atoms with Crippen LogP contribution in [0.25, 0.3) is 0 Å². The molecular formula is C16H19N3. The average Bonchev–Trinajstić information content (AvgIpc) is 2.51. The van der Waals surface area contributed by atoms with Gasteiger partial charge in [-0.05, 0) is 37.6 Å². The number of piperidine rings is 1. The van der Waals surface area contributed by atoms with Crippen LogP contribution in [0.4, 0.5) is 0 Å². The molecule has 1 aromatic heterocycles. The number of hydrogen-bond acceptors (Lipinski definition) is 3. The maximum Gasteiger partial charge on any atom is 0.149 e. The van der Waals surface area contributed by atoms with Gasteiger partial charge in [0.25, 0.3) is 0 Å². The quantitative estimate of drug-likeness (QED) is 0.842. The van der Waals surface area contributed by atoms with Gasteiger partial charge in [0.05, 0.1) is 6.04 Å². The highest BCUT2D eigenvalue weighted by molar-refractivity contribution is 5.24. The predicted octanol–water partition coefficient (Wildman–Crippen LogP) is 3.05. The zero-order chi connectivity index (χ0) is 12.9. The van der Waals surface area contributed by atoms with Crippen LogP contribution in [-0.4, -0.2) is 28.0 Å². The second-order valence-corrected chi connectivity index (χ2v) is 5.02. The summed E-state index contributed by atoms with van der Waals surface area (Å²) in [6.45, 7) is 2.27. The molecule has 1 fully saturated rings.